The van der Waals surface area contributed by atoms with Crippen LogP contribution in [0.5, 0.6) is 0 Å². The molecule has 0 unspecified atom stereocenters. The quantitative estimate of drug-likeness (QED) is 0.292. The van der Waals surface area contributed by atoms with Crippen LogP contribution in [0.1, 0.15) is 21.5 Å². The van der Waals surface area contributed by atoms with Gasteiger partial charge in [0.1, 0.15) is 11.6 Å². The molecule has 0 spiro atoms. The van der Waals surface area contributed by atoms with Gasteiger partial charge in [0.2, 0.25) is 0 Å². The molecule has 5 N–H and O–H groups in total. The van der Waals surface area contributed by atoms with Crippen LogP contribution in [0.15, 0.2) is 29.6 Å². The molecule has 0 fully saturated rings. The number of hydrogen-bond acceptors (Lipinski definition) is 4. The molecule has 0 aliphatic rings. The van der Waals surface area contributed by atoms with Crippen molar-refractivity contribution in [3.63, 3.8) is 0 Å². The summed E-state index contributed by atoms with van der Waals surface area (Å²) in [5.41, 5.74) is 6.33. The van der Waals surface area contributed by atoms with Gasteiger partial charge in [-0.15, -0.1) is 0 Å². The number of benzene rings is 1. The van der Waals surface area contributed by atoms with Crippen LogP contribution in [0.2, 0.25) is 0 Å². The number of amides is 1. The summed E-state index contributed by atoms with van der Waals surface area (Å²) in [5.74, 6) is -0.860. The van der Waals surface area contributed by atoms with E-state index in [1.807, 2.05) is 0 Å². The number of carbonyl (C=O) groups excluding carboxylic acids is 1. The van der Waals surface area contributed by atoms with E-state index < -0.39 is 5.91 Å². The van der Waals surface area contributed by atoms with E-state index >= 15 is 0 Å². The Balaban J connectivity index is 2.24. The molecule has 2 rings (SSSR count). The number of aromatic amines is 1. The first-order chi connectivity index (χ1) is 9.52. The fraction of sp³-hybridized carbons (Fsp3) is 0.0833. The first-order valence-electron chi connectivity index (χ1n) is 5.61. The molecule has 1 aromatic heterocycles. The number of aryl methyl sites for hydroxylation is 1. The highest BCUT2D eigenvalue weighted by molar-refractivity contribution is 6.08. The molecule has 0 aliphatic heterocycles. The van der Waals surface area contributed by atoms with Crippen LogP contribution >= 0.6 is 0 Å². The standard InChI is InChI=1S/C12H12FN5O2/c1-6-4-7(2-3-9(6)13)12(19)16-11-8(5-15-17-11)10(14)18-20/h2-5,20H,1H3,(H2,14,18)(H2,15,16,17,19). The van der Waals surface area contributed by atoms with Crippen molar-refractivity contribution in [1.82, 2.24) is 10.2 Å². The van der Waals surface area contributed by atoms with E-state index in [9.17, 15) is 9.18 Å². The van der Waals surface area contributed by atoms with Crippen molar-refractivity contribution < 1.29 is 14.4 Å². The maximum Gasteiger partial charge on any atom is 0.256 e. The molecule has 2 aromatic rings. The van der Waals surface area contributed by atoms with Gasteiger partial charge in [-0.2, -0.15) is 5.10 Å². The Labute approximate surface area is 113 Å². The van der Waals surface area contributed by atoms with E-state index in [1.54, 1.807) is 6.92 Å². The van der Waals surface area contributed by atoms with Gasteiger partial charge in [0.25, 0.3) is 5.91 Å². The van der Waals surface area contributed by atoms with E-state index in [4.69, 9.17) is 10.9 Å². The molecule has 0 radical (unpaired) electrons. The second-order valence-corrected chi connectivity index (χ2v) is 4.06. The summed E-state index contributed by atoms with van der Waals surface area (Å²) in [7, 11) is 0. The molecule has 0 aliphatic carbocycles. The molecule has 1 amide bonds. The molecule has 0 bridgehead atoms. The maximum atomic E-state index is 13.1. The molecule has 0 saturated heterocycles. The Morgan fingerprint density at radius 2 is 2.30 bits per heavy atom. The lowest BCUT2D eigenvalue weighted by Crippen LogP contribution is -2.18. The number of hydrogen-bond donors (Lipinski definition) is 4. The topological polar surface area (TPSA) is 116 Å². The van der Waals surface area contributed by atoms with Gasteiger partial charge >= 0.3 is 0 Å². The minimum Gasteiger partial charge on any atom is -0.409 e. The normalized spacial score (nSPS) is 11.4. The van der Waals surface area contributed by atoms with Crippen molar-refractivity contribution in [2.24, 2.45) is 10.9 Å². The van der Waals surface area contributed by atoms with Gasteiger partial charge in [0.05, 0.1) is 11.8 Å². The number of rotatable bonds is 3. The summed E-state index contributed by atoms with van der Waals surface area (Å²) in [4.78, 5) is 12.0. The average molecular weight is 277 g/mol. The minimum atomic E-state index is -0.468. The second kappa shape index (κ2) is 5.39. The van der Waals surface area contributed by atoms with E-state index in [0.29, 0.717) is 5.56 Å². The molecular weight excluding hydrogens is 265 g/mol. The first kappa shape index (κ1) is 13.5. The number of H-pyrrole nitrogens is 1. The number of oxime groups is 1. The maximum absolute atomic E-state index is 13.1. The SMILES string of the molecule is Cc1cc(C(=O)Nc2[nH]ncc2C(N)=NO)ccc1F. The summed E-state index contributed by atoms with van der Waals surface area (Å²) >= 11 is 0. The molecular formula is C12H12FN5O2. The number of aromatic nitrogens is 2. The van der Waals surface area contributed by atoms with Crippen LogP contribution in [0.25, 0.3) is 0 Å². The largest absolute Gasteiger partial charge is 0.409 e. The second-order valence-electron chi connectivity index (χ2n) is 4.06. The van der Waals surface area contributed by atoms with Crippen molar-refractivity contribution in [1.29, 1.82) is 0 Å². The summed E-state index contributed by atoms with van der Waals surface area (Å²) in [6, 6.07) is 3.99. The van der Waals surface area contributed by atoms with Crippen LogP contribution in [0.4, 0.5) is 10.2 Å². The lowest BCUT2D eigenvalue weighted by molar-refractivity contribution is 0.102. The van der Waals surface area contributed by atoms with Gasteiger partial charge in [0, 0.05) is 5.56 Å². The van der Waals surface area contributed by atoms with Gasteiger partial charge in [0.15, 0.2) is 5.84 Å². The smallest absolute Gasteiger partial charge is 0.256 e. The highest BCUT2D eigenvalue weighted by atomic mass is 19.1. The van der Waals surface area contributed by atoms with Gasteiger partial charge < -0.3 is 16.3 Å². The van der Waals surface area contributed by atoms with Gasteiger partial charge in [-0.25, -0.2) is 4.39 Å². The molecule has 20 heavy (non-hydrogen) atoms. The van der Waals surface area contributed by atoms with Crippen molar-refractivity contribution in [2.45, 2.75) is 6.92 Å². The monoisotopic (exact) mass is 277 g/mol. The third kappa shape index (κ3) is 2.58. The van der Waals surface area contributed by atoms with Crippen LogP contribution in [0.3, 0.4) is 0 Å². The number of nitrogens with zero attached hydrogens (tertiary/aromatic N) is 2. The van der Waals surface area contributed by atoms with Gasteiger partial charge in [-0.1, -0.05) is 5.16 Å². The summed E-state index contributed by atoms with van der Waals surface area (Å²) in [6.07, 6.45) is 1.31. The Bertz CT molecular complexity index is 680. The van der Waals surface area contributed by atoms with Crippen molar-refractivity contribution >= 4 is 17.6 Å². The van der Waals surface area contributed by atoms with Crippen LogP contribution in [-0.4, -0.2) is 27.1 Å². The fourth-order valence-corrected chi connectivity index (χ4v) is 1.60. The minimum absolute atomic E-state index is 0.187. The zero-order chi connectivity index (χ0) is 14.7. The predicted molar refractivity (Wildman–Crippen MR) is 70.2 cm³/mol. The van der Waals surface area contributed by atoms with Gasteiger partial charge in [-0.05, 0) is 30.7 Å². The Kier molecular flexibility index (Phi) is 3.65. The van der Waals surface area contributed by atoms with Crippen LogP contribution in [0, 0.1) is 12.7 Å². The summed E-state index contributed by atoms with van der Waals surface area (Å²) < 4.78 is 13.1. The molecule has 0 saturated carbocycles. The Morgan fingerprint density at radius 1 is 1.55 bits per heavy atom. The first-order valence-corrected chi connectivity index (χ1v) is 5.61. The van der Waals surface area contributed by atoms with Crippen LogP contribution in [-0.2, 0) is 0 Å². The van der Waals surface area contributed by atoms with E-state index in [-0.39, 0.29) is 28.6 Å². The molecule has 104 valence electrons. The number of nitrogens with one attached hydrogen (secondary N) is 2. The molecule has 1 heterocycles. The highest BCUT2D eigenvalue weighted by Crippen LogP contribution is 2.14. The lowest BCUT2D eigenvalue weighted by atomic mass is 10.1. The van der Waals surface area contributed by atoms with E-state index in [2.05, 4.69) is 20.7 Å². The molecule has 1 aromatic carbocycles. The molecule has 7 nitrogen and oxygen atoms in total. The predicted octanol–water partition coefficient (Wildman–Crippen LogP) is 1.20. The van der Waals surface area contributed by atoms with Crippen molar-refractivity contribution in [3.8, 4) is 0 Å². The molecule has 0 atom stereocenters. The summed E-state index contributed by atoms with van der Waals surface area (Å²) in [5, 5.41) is 20.2. The number of nitrogens with two attached hydrogens (primary N) is 1. The van der Waals surface area contributed by atoms with Crippen molar-refractivity contribution in [2.75, 3.05) is 5.32 Å². The van der Waals surface area contributed by atoms with Crippen LogP contribution < -0.4 is 11.1 Å². The van der Waals surface area contributed by atoms with Gasteiger partial charge in [-0.3, -0.25) is 9.89 Å². The highest BCUT2D eigenvalue weighted by Gasteiger charge is 2.14. The number of halogens is 1. The fourth-order valence-electron chi connectivity index (χ4n) is 1.60. The zero-order valence-corrected chi connectivity index (χ0v) is 10.5. The molecule has 8 heteroatoms. The third-order valence-electron chi connectivity index (χ3n) is 2.68. The Morgan fingerprint density at radius 3 is 2.95 bits per heavy atom. The number of anilines is 1. The Hall–Kier alpha value is -2.90. The summed E-state index contributed by atoms with van der Waals surface area (Å²) in [6.45, 7) is 1.56. The van der Waals surface area contributed by atoms with Crippen molar-refractivity contribution in [3.05, 3.63) is 46.9 Å². The zero-order valence-electron chi connectivity index (χ0n) is 10.5. The number of amidine groups is 1. The third-order valence-corrected chi connectivity index (χ3v) is 2.68. The number of carbonyl (C=O) groups is 1. The van der Waals surface area contributed by atoms with E-state index in [1.165, 1.54) is 24.4 Å². The average Bonchev–Trinajstić information content (AvgIpc) is 2.89. The van der Waals surface area contributed by atoms with E-state index in [0.717, 1.165) is 0 Å². The lowest BCUT2D eigenvalue weighted by Gasteiger charge is -2.06.